The molecule has 1 unspecified atom stereocenters. The van der Waals surface area contributed by atoms with Crippen LogP contribution in [0.3, 0.4) is 0 Å². The number of rotatable bonds is 3. The van der Waals surface area contributed by atoms with Gasteiger partial charge >= 0.3 is 5.76 Å². The maximum absolute atomic E-state index is 11.6. The van der Waals surface area contributed by atoms with E-state index in [1.807, 2.05) is 25.1 Å². The van der Waals surface area contributed by atoms with Gasteiger partial charge in [0.15, 0.2) is 5.58 Å². The Morgan fingerprint density at radius 2 is 2.28 bits per heavy atom. The zero-order valence-corrected chi connectivity index (χ0v) is 11.1. The quantitative estimate of drug-likeness (QED) is 0.794. The van der Waals surface area contributed by atoms with E-state index in [0.717, 1.165) is 11.1 Å². The fraction of sp³-hybridized carbons (Fsp3) is 0.500. The van der Waals surface area contributed by atoms with E-state index < -0.39 is 0 Å². The molecule has 0 aliphatic heterocycles. The largest absolute Gasteiger partial charge is 0.419 e. The molecule has 3 nitrogen and oxygen atoms in total. The number of hydrogen-bond acceptors (Lipinski definition) is 2. The molecule has 0 N–H and O–H groups in total. The number of fused-ring (bicyclic) bond motifs is 1. The Hall–Kier alpha value is -1.22. The molecule has 0 radical (unpaired) electrons. The number of nitrogens with zero attached hydrogens (tertiary/aromatic N) is 1. The molecule has 3 rings (SSSR count). The lowest BCUT2D eigenvalue weighted by Crippen LogP contribution is -2.16. The van der Waals surface area contributed by atoms with Crippen LogP contribution in [0.1, 0.15) is 37.1 Å². The molecule has 1 atom stereocenters. The summed E-state index contributed by atoms with van der Waals surface area (Å²) in [5, 5.41) is 0.0402. The number of aromatic nitrogens is 1. The molecule has 0 saturated heterocycles. The summed E-state index contributed by atoms with van der Waals surface area (Å²) in [5.74, 6) is 0.281. The van der Waals surface area contributed by atoms with Crippen LogP contribution in [0.25, 0.3) is 11.1 Å². The number of benzene rings is 1. The highest BCUT2D eigenvalue weighted by molar-refractivity contribution is 6.21. The smallest absolute Gasteiger partial charge is 0.408 e. The maximum atomic E-state index is 11.6. The van der Waals surface area contributed by atoms with Crippen molar-refractivity contribution in [3.8, 4) is 0 Å². The van der Waals surface area contributed by atoms with E-state index in [2.05, 4.69) is 0 Å². The van der Waals surface area contributed by atoms with Gasteiger partial charge in [-0.1, -0.05) is 12.5 Å². The molecule has 4 heteroatoms. The molecule has 96 valence electrons. The number of aryl methyl sites for hydroxylation is 1. The van der Waals surface area contributed by atoms with Gasteiger partial charge in [-0.3, -0.25) is 4.57 Å². The molecular weight excluding hydrogens is 250 g/mol. The van der Waals surface area contributed by atoms with Crippen LogP contribution in [0.2, 0.25) is 0 Å². The van der Waals surface area contributed by atoms with Crippen LogP contribution in [-0.2, 0) is 6.54 Å². The number of alkyl halides is 1. The molecule has 1 fully saturated rings. The molecule has 0 amide bonds. The second kappa shape index (κ2) is 4.47. The summed E-state index contributed by atoms with van der Waals surface area (Å²) in [6.07, 6.45) is 3.68. The first-order chi connectivity index (χ1) is 8.70. The Balaban J connectivity index is 2.03. The van der Waals surface area contributed by atoms with Crippen LogP contribution in [0, 0.1) is 5.92 Å². The van der Waals surface area contributed by atoms with E-state index in [4.69, 9.17) is 16.0 Å². The highest BCUT2D eigenvalue weighted by Crippen LogP contribution is 2.42. The fourth-order valence-corrected chi connectivity index (χ4v) is 2.95. The molecule has 18 heavy (non-hydrogen) atoms. The van der Waals surface area contributed by atoms with Crippen molar-refractivity contribution < 1.29 is 4.42 Å². The summed E-state index contributed by atoms with van der Waals surface area (Å²) in [4.78, 5) is 11.6. The average molecular weight is 266 g/mol. The Bertz CT molecular complexity index is 624. The third kappa shape index (κ3) is 1.77. The van der Waals surface area contributed by atoms with Crippen LogP contribution in [0.5, 0.6) is 0 Å². The van der Waals surface area contributed by atoms with Crippen molar-refractivity contribution in [2.75, 3.05) is 0 Å². The van der Waals surface area contributed by atoms with Gasteiger partial charge in [0.2, 0.25) is 0 Å². The van der Waals surface area contributed by atoms with Gasteiger partial charge in [-0.25, -0.2) is 4.79 Å². The second-order valence-corrected chi connectivity index (χ2v) is 5.40. The molecule has 1 heterocycles. The molecule has 0 bridgehead atoms. The summed E-state index contributed by atoms with van der Waals surface area (Å²) in [5.41, 5.74) is 2.55. The number of oxazole rings is 1. The van der Waals surface area contributed by atoms with Crippen LogP contribution >= 0.6 is 11.6 Å². The van der Waals surface area contributed by atoms with Crippen LogP contribution in [0.4, 0.5) is 0 Å². The summed E-state index contributed by atoms with van der Waals surface area (Å²) in [6.45, 7) is 2.56. The van der Waals surface area contributed by atoms with E-state index in [-0.39, 0.29) is 11.1 Å². The van der Waals surface area contributed by atoms with E-state index in [1.165, 1.54) is 19.3 Å². The second-order valence-electron chi connectivity index (χ2n) is 4.93. The van der Waals surface area contributed by atoms with Crippen molar-refractivity contribution in [2.45, 2.75) is 38.1 Å². The summed E-state index contributed by atoms with van der Waals surface area (Å²) in [6, 6.07) is 5.87. The van der Waals surface area contributed by atoms with Crippen LogP contribution in [-0.4, -0.2) is 4.57 Å². The van der Waals surface area contributed by atoms with Crippen molar-refractivity contribution in [1.29, 1.82) is 0 Å². The van der Waals surface area contributed by atoms with Gasteiger partial charge in [0.25, 0.3) is 0 Å². The van der Waals surface area contributed by atoms with E-state index >= 15 is 0 Å². The third-order valence-corrected chi connectivity index (χ3v) is 4.50. The standard InChI is InChI=1S/C14H16ClNO2/c1-2-16-11-7-6-10(8-12(11)18-14(16)17)13(15)9-4-3-5-9/h6-9,13H,2-5H2,1H3. The van der Waals surface area contributed by atoms with Gasteiger partial charge in [-0.2, -0.15) is 0 Å². The highest BCUT2D eigenvalue weighted by Gasteiger charge is 2.27. The molecule has 1 saturated carbocycles. The third-order valence-electron chi connectivity index (χ3n) is 3.89. The van der Waals surface area contributed by atoms with Crippen molar-refractivity contribution in [3.05, 3.63) is 34.3 Å². The van der Waals surface area contributed by atoms with Crippen molar-refractivity contribution in [3.63, 3.8) is 0 Å². The van der Waals surface area contributed by atoms with Crippen molar-refractivity contribution in [2.24, 2.45) is 5.92 Å². The Kier molecular flexibility index (Phi) is 2.94. The molecule has 1 aromatic carbocycles. The molecular formula is C14H16ClNO2. The fourth-order valence-electron chi connectivity index (χ4n) is 2.56. The molecule has 2 aromatic rings. The van der Waals surface area contributed by atoms with E-state index in [0.29, 0.717) is 18.0 Å². The summed E-state index contributed by atoms with van der Waals surface area (Å²) >= 11 is 6.46. The van der Waals surface area contributed by atoms with Crippen molar-refractivity contribution >= 4 is 22.7 Å². The van der Waals surface area contributed by atoms with Gasteiger partial charge in [0, 0.05) is 6.54 Å². The predicted octanol–water partition coefficient (Wildman–Crippen LogP) is 3.69. The first-order valence-corrected chi connectivity index (χ1v) is 6.91. The zero-order valence-electron chi connectivity index (χ0n) is 10.4. The minimum atomic E-state index is -0.292. The topological polar surface area (TPSA) is 35.1 Å². The highest BCUT2D eigenvalue weighted by atomic mass is 35.5. The Morgan fingerprint density at radius 3 is 2.89 bits per heavy atom. The first kappa shape index (κ1) is 11.8. The van der Waals surface area contributed by atoms with Crippen LogP contribution in [0.15, 0.2) is 27.4 Å². The lowest BCUT2D eigenvalue weighted by Gasteiger charge is -2.30. The van der Waals surface area contributed by atoms with Gasteiger partial charge in [0.1, 0.15) is 0 Å². The summed E-state index contributed by atoms with van der Waals surface area (Å²) < 4.78 is 6.89. The molecule has 1 aromatic heterocycles. The van der Waals surface area contributed by atoms with E-state index in [1.54, 1.807) is 4.57 Å². The summed E-state index contributed by atoms with van der Waals surface area (Å²) in [7, 11) is 0. The number of halogens is 1. The predicted molar refractivity (Wildman–Crippen MR) is 72.1 cm³/mol. The zero-order chi connectivity index (χ0) is 12.7. The van der Waals surface area contributed by atoms with Gasteiger partial charge in [-0.15, -0.1) is 11.6 Å². The first-order valence-electron chi connectivity index (χ1n) is 6.48. The minimum absolute atomic E-state index is 0.0402. The monoisotopic (exact) mass is 265 g/mol. The Labute approximate surface area is 110 Å². The Morgan fingerprint density at radius 1 is 1.50 bits per heavy atom. The molecule has 1 aliphatic rings. The SMILES string of the molecule is CCn1c(=O)oc2cc(C(Cl)C3CCC3)ccc21. The van der Waals surface area contributed by atoms with Gasteiger partial charge in [0.05, 0.1) is 10.9 Å². The van der Waals surface area contributed by atoms with Gasteiger partial charge < -0.3 is 4.42 Å². The van der Waals surface area contributed by atoms with Crippen LogP contribution < -0.4 is 5.76 Å². The number of hydrogen-bond donors (Lipinski definition) is 0. The van der Waals surface area contributed by atoms with E-state index in [9.17, 15) is 4.79 Å². The lowest BCUT2D eigenvalue weighted by atomic mass is 9.80. The molecule has 0 spiro atoms. The minimum Gasteiger partial charge on any atom is -0.408 e. The maximum Gasteiger partial charge on any atom is 0.419 e. The average Bonchev–Trinajstić information content (AvgIpc) is 2.60. The van der Waals surface area contributed by atoms with Crippen molar-refractivity contribution in [1.82, 2.24) is 4.57 Å². The molecule has 1 aliphatic carbocycles. The van der Waals surface area contributed by atoms with Gasteiger partial charge in [-0.05, 0) is 43.4 Å². The lowest BCUT2D eigenvalue weighted by molar-refractivity contribution is 0.305. The normalized spacial score (nSPS) is 17.9.